The van der Waals surface area contributed by atoms with E-state index in [-0.39, 0.29) is 0 Å². The van der Waals surface area contributed by atoms with E-state index in [1.165, 1.54) is 17.8 Å². The molecule has 0 bridgehead atoms. The van der Waals surface area contributed by atoms with Crippen LogP contribution in [0.25, 0.3) is 0 Å². The summed E-state index contributed by atoms with van der Waals surface area (Å²) in [5, 5.41) is 0.518. The number of nitrogens with zero attached hydrogens (tertiary/aromatic N) is 2. The summed E-state index contributed by atoms with van der Waals surface area (Å²) in [6, 6.07) is 5.92. The molecule has 0 spiro atoms. The van der Waals surface area contributed by atoms with Crippen molar-refractivity contribution in [3.8, 4) is 0 Å². The predicted octanol–water partition coefficient (Wildman–Crippen LogP) is 3.65. The van der Waals surface area contributed by atoms with Crippen LogP contribution in [0.3, 0.4) is 0 Å². The Morgan fingerprint density at radius 1 is 1.00 bits per heavy atom. The van der Waals surface area contributed by atoms with Crippen molar-refractivity contribution in [2.45, 2.75) is 16.1 Å². The van der Waals surface area contributed by atoms with E-state index in [0.717, 1.165) is 17.2 Å². The summed E-state index contributed by atoms with van der Waals surface area (Å²) in [5.74, 6) is 0. The number of hydrogen-bond acceptors (Lipinski definition) is 3. The van der Waals surface area contributed by atoms with Crippen molar-refractivity contribution in [1.82, 2.24) is 9.97 Å². The topological polar surface area (TPSA) is 25.8 Å². The Bertz CT molecular complexity index is 482. The molecule has 0 saturated heterocycles. The minimum atomic E-state index is -4.34. The molecule has 17 heavy (non-hydrogen) atoms. The van der Waals surface area contributed by atoms with Crippen molar-refractivity contribution in [1.29, 1.82) is 0 Å². The number of alkyl halides is 3. The summed E-state index contributed by atoms with van der Waals surface area (Å²) in [6.45, 7) is 0. The number of rotatable bonds is 2. The Morgan fingerprint density at radius 3 is 2.24 bits per heavy atom. The Labute approximate surface area is 99.9 Å². The van der Waals surface area contributed by atoms with Gasteiger partial charge >= 0.3 is 6.18 Å². The minimum absolute atomic E-state index is 0.518. The monoisotopic (exact) mass is 256 g/mol. The normalized spacial score (nSPS) is 11.5. The lowest BCUT2D eigenvalue weighted by Gasteiger charge is -2.06. The summed E-state index contributed by atoms with van der Waals surface area (Å²) in [6.07, 6.45) is -0.269. The number of hydrogen-bond donors (Lipinski definition) is 0. The van der Waals surface area contributed by atoms with Gasteiger partial charge in [0.05, 0.1) is 5.56 Å². The fourth-order valence-corrected chi connectivity index (χ4v) is 1.88. The third kappa shape index (κ3) is 3.20. The molecule has 2 nitrogen and oxygen atoms in total. The fraction of sp³-hybridized carbons (Fsp3) is 0.0909. The minimum Gasteiger partial charge on any atom is -0.265 e. The molecule has 88 valence electrons. The molecule has 6 heteroatoms. The second-order valence-corrected chi connectivity index (χ2v) is 4.26. The maximum Gasteiger partial charge on any atom is 0.417 e. The SMILES string of the molecule is FC(F)(F)c1ccc(Sc2ccncc2)nc1. The van der Waals surface area contributed by atoms with Crippen LogP contribution in [-0.4, -0.2) is 9.97 Å². The number of pyridine rings is 2. The lowest BCUT2D eigenvalue weighted by Crippen LogP contribution is -2.04. The Hall–Kier alpha value is -1.56. The predicted molar refractivity (Wildman–Crippen MR) is 57.6 cm³/mol. The summed E-state index contributed by atoms with van der Waals surface area (Å²) in [7, 11) is 0. The third-order valence-corrected chi connectivity index (χ3v) is 2.89. The molecule has 0 saturated carbocycles. The summed E-state index contributed by atoms with van der Waals surface area (Å²) in [4.78, 5) is 8.50. The Kier molecular flexibility index (Phi) is 3.33. The number of aromatic nitrogens is 2. The highest BCUT2D eigenvalue weighted by Crippen LogP contribution is 2.31. The molecule has 0 fully saturated rings. The smallest absolute Gasteiger partial charge is 0.265 e. The highest BCUT2D eigenvalue weighted by atomic mass is 32.2. The molecule has 0 atom stereocenters. The van der Waals surface area contributed by atoms with Crippen LogP contribution in [0.2, 0.25) is 0 Å². The van der Waals surface area contributed by atoms with Crippen molar-refractivity contribution >= 4 is 11.8 Å². The maximum atomic E-state index is 12.3. The van der Waals surface area contributed by atoms with E-state index in [9.17, 15) is 13.2 Å². The Morgan fingerprint density at radius 2 is 1.71 bits per heavy atom. The summed E-state index contributed by atoms with van der Waals surface area (Å²) >= 11 is 1.29. The van der Waals surface area contributed by atoms with Crippen LogP contribution < -0.4 is 0 Å². The maximum absolute atomic E-state index is 12.3. The average Bonchev–Trinajstić information content (AvgIpc) is 2.30. The van der Waals surface area contributed by atoms with E-state index in [0.29, 0.717) is 5.03 Å². The molecule has 0 aliphatic rings. The average molecular weight is 256 g/mol. The van der Waals surface area contributed by atoms with Crippen molar-refractivity contribution < 1.29 is 13.2 Å². The zero-order chi connectivity index (χ0) is 12.3. The third-order valence-electron chi connectivity index (χ3n) is 1.94. The van der Waals surface area contributed by atoms with Gasteiger partial charge in [0, 0.05) is 23.5 Å². The molecule has 0 aliphatic heterocycles. The van der Waals surface area contributed by atoms with Gasteiger partial charge in [0.25, 0.3) is 0 Å². The quantitative estimate of drug-likeness (QED) is 0.820. The van der Waals surface area contributed by atoms with E-state index in [1.54, 1.807) is 24.5 Å². The molecule has 2 aromatic heterocycles. The molecule has 0 radical (unpaired) electrons. The fourth-order valence-electron chi connectivity index (χ4n) is 1.14. The molecule has 2 rings (SSSR count). The van der Waals surface area contributed by atoms with Gasteiger partial charge in [0.1, 0.15) is 5.03 Å². The van der Waals surface area contributed by atoms with Crippen LogP contribution in [0.15, 0.2) is 52.8 Å². The van der Waals surface area contributed by atoms with E-state index in [4.69, 9.17) is 0 Å². The summed E-state index contributed by atoms with van der Waals surface area (Å²) in [5.41, 5.74) is -0.739. The molecule has 0 N–H and O–H groups in total. The van der Waals surface area contributed by atoms with Crippen molar-refractivity contribution in [2.75, 3.05) is 0 Å². The van der Waals surface area contributed by atoms with Crippen molar-refractivity contribution in [3.63, 3.8) is 0 Å². The van der Waals surface area contributed by atoms with Crippen LogP contribution >= 0.6 is 11.8 Å². The standard InChI is InChI=1S/C11H7F3N2S/c12-11(13,14)8-1-2-10(16-7-8)17-9-3-5-15-6-4-9/h1-7H. The van der Waals surface area contributed by atoms with Crippen molar-refractivity contribution in [2.24, 2.45) is 0 Å². The molecular formula is C11H7F3N2S. The lowest BCUT2D eigenvalue weighted by molar-refractivity contribution is -0.137. The first kappa shape index (κ1) is 11.9. The molecule has 2 aromatic rings. The van der Waals surface area contributed by atoms with Gasteiger partial charge < -0.3 is 0 Å². The van der Waals surface area contributed by atoms with E-state index in [2.05, 4.69) is 9.97 Å². The summed E-state index contributed by atoms with van der Waals surface area (Å²) < 4.78 is 36.9. The molecular weight excluding hydrogens is 249 g/mol. The van der Waals surface area contributed by atoms with Crippen LogP contribution in [0, 0.1) is 0 Å². The molecule has 0 unspecified atom stereocenters. The first-order chi connectivity index (χ1) is 8.05. The number of halogens is 3. The van der Waals surface area contributed by atoms with Gasteiger partial charge in [0.2, 0.25) is 0 Å². The highest BCUT2D eigenvalue weighted by molar-refractivity contribution is 7.99. The van der Waals surface area contributed by atoms with Crippen molar-refractivity contribution in [3.05, 3.63) is 48.4 Å². The Balaban J connectivity index is 2.14. The van der Waals surface area contributed by atoms with Gasteiger partial charge in [-0.3, -0.25) is 4.98 Å². The molecule has 0 aliphatic carbocycles. The van der Waals surface area contributed by atoms with Crippen LogP contribution in [0.4, 0.5) is 13.2 Å². The van der Waals surface area contributed by atoms with Gasteiger partial charge in [-0.2, -0.15) is 13.2 Å². The van der Waals surface area contributed by atoms with Crippen LogP contribution in [0.1, 0.15) is 5.56 Å². The largest absolute Gasteiger partial charge is 0.417 e. The zero-order valence-electron chi connectivity index (χ0n) is 8.48. The second-order valence-electron chi connectivity index (χ2n) is 3.17. The molecule has 0 amide bonds. The van der Waals surface area contributed by atoms with E-state index in [1.807, 2.05) is 0 Å². The first-order valence-electron chi connectivity index (χ1n) is 4.67. The van der Waals surface area contributed by atoms with Gasteiger partial charge in [-0.1, -0.05) is 11.8 Å². The van der Waals surface area contributed by atoms with E-state index < -0.39 is 11.7 Å². The highest BCUT2D eigenvalue weighted by Gasteiger charge is 2.30. The zero-order valence-corrected chi connectivity index (χ0v) is 9.29. The second kappa shape index (κ2) is 4.75. The molecule has 2 heterocycles. The first-order valence-corrected chi connectivity index (χ1v) is 5.48. The molecule has 0 aromatic carbocycles. The van der Waals surface area contributed by atoms with Crippen LogP contribution in [0.5, 0.6) is 0 Å². The van der Waals surface area contributed by atoms with Gasteiger partial charge in [-0.25, -0.2) is 4.98 Å². The van der Waals surface area contributed by atoms with Gasteiger partial charge in [0.15, 0.2) is 0 Å². The lowest BCUT2D eigenvalue weighted by atomic mass is 10.3. The van der Waals surface area contributed by atoms with E-state index >= 15 is 0 Å². The van der Waals surface area contributed by atoms with Gasteiger partial charge in [-0.15, -0.1) is 0 Å². The van der Waals surface area contributed by atoms with Crippen LogP contribution in [-0.2, 0) is 6.18 Å². The van der Waals surface area contributed by atoms with Gasteiger partial charge in [-0.05, 0) is 24.3 Å².